The van der Waals surface area contributed by atoms with Gasteiger partial charge in [-0.3, -0.25) is 9.69 Å². The van der Waals surface area contributed by atoms with Crippen molar-refractivity contribution in [2.45, 2.75) is 52.1 Å². The van der Waals surface area contributed by atoms with Crippen molar-refractivity contribution in [2.24, 2.45) is 0 Å². The summed E-state index contributed by atoms with van der Waals surface area (Å²) in [7, 11) is 0. The molecule has 2 aromatic carbocycles. The van der Waals surface area contributed by atoms with E-state index < -0.39 is 0 Å². The molecule has 1 fully saturated rings. The molecule has 138 valence electrons. The molecule has 1 aliphatic rings. The zero-order valence-corrected chi connectivity index (χ0v) is 16.0. The SMILES string of the molecule is CCC(=O)NCc1ccccc1-c1ccc(C(C)N2CCCCC2)cc1. The molecular formula is C23H30N2O. The molecule has 3 nitrogen and oxygen atoms in total. The lowest BCUT2D eigenvalue weighted by molar-refractivity contribution is -0.120. The Kier molecular flexibility index (Phi) is 6.45. The highest BCUT2D eigenvalue weighted by molar-refractivity contribution is 5.76. The van der Waals surface area contributed by atoms with Gasteiger partial charge in [-0.1, -0.05) is 61.9 Å². The largest absolute Gasteiger partial charge is 0.352 e. The molecule has 1 atom stereocenters. The lowest BCUT2D eigenvalue weighted by atomic mass is 9.96. The number of carbonyl (C=O) groups excluding carboxylic acids is 1. The number of hydrogen-bond donors (Lipinski definition) is 1. The number of nitrogens with zero attached hydrogens (tertiary/aromatic N) is 1. The lowest BCUT2D eigenvalue weighted by Gasteiger charge is -2.32. The summed E-state index contributed by atoms with van der Waals surface area (Å²) >= 11 is 0. The molecule has 1 unspecified atom stereocenters. The fourth-order valence-corrected chi connectivity index (χ4v) is 3.73. The van der Waals surface area contributed by atoms with Crippen LogP contribution in [0.25, 0.3) is 11.1 Å². The molecule has 1 aliphatic heterocycles. The van der Waals surface area contributed by atoms with Gasteiger partial charge in [0.2, 0.25) is 5.91 Å². The number of likely N-dealkylation sites (tertiary alicyclic amines) is 1. The Balaban J connectivity index is 1.75. The van der Waals surface area contributed by atoms with E-state index in [2.05, 4.69) is 59.6 Å². The van der Waals surface area contributed by atoms with Crippen LogP contribution in [0.5, 0.6) is 0 Å². The molecule has 3 heteroatoms. The summed E-state index contributed by atoms with van der Waals surface area (Å²) in [4.78, 5) is 14.2. The summed E-state index contributed by atoms with van der Waals surface area (Å²) in [5.41, 5.74) is 4.94. The smallest absolute Gasteiger partial charge is 0.219 e. The number of nitrogens with one attached hydrogen (secondary N) is 1. The second kappa shape index (κ2) is 9.00. The van der Waals surface area contributed by atoms with Crippen LogP contribution in [-0.2, 0) is 11.3 Å². The summed E-state index contributed by atoms with van der Waals surface area (Å²) < 4.78 is 0. The summed E-state index contributed by atoms with van der Waals surface area (Å²) in [5.74, 6) is 0.0884. The van der Waals surface area contributed by atoms with Crippen molar-refractivity contribution in [2.75, 3.05) is 13.1 Å². The average molecular weight is 351 g/mol. The molecule has 1 saturated heterocycles. The van der Waals surface area contributed by atoms with E-state index in [1.165, 1.54) is 49.0 Å². The van der Waals surface area contributed by atoms with Gasteiger partial charge < -0.3 is 5.32 Å². The van der Waals surface area contributed by atoms with Crippen LogP contribution in [0.2, 0.25) is 0 Å². The van der Waals surface area contributed by atoms with Crippen LogP contribution >= 0.6 is 0 Å². The molecule has 0 saturated carbocycles. The topological polar surface area (TPSA) is 32.3 Å². The Morgan fingerprint density at radius 2 is 1.73 bits per heavy atom. The van der Waals surface area contributed by atoms with Crippen molar-refractivity contribution >= 4 is 5.91 Å². The van der Waals surface area contributed by atoms with E-state index in [1.807, 2.05) is 13.0 Å². The second-order valence-corrected chi connectivity index (χ2v) is 7.18. The minimum atomic E-state index is 0.0884. The molecule has 0 bridgehead atoms. The maximum Gasteiger partial charge on any atom is 0.219 e. The molecule has 26 heavy (non-hydrogen) atoms. The Morgan fingerprint density at radius 1 is 1.04 bits per heavy atom. The highest BCUT2D eigenvalue weighted by Crippen LogP contribution is 2.28. The van der Waals surface area contributed by atoms with E-state index >= 15 is 0 Å². The van der Waals surface area contributed by atoms with Gasteiger partial charge in [-0.25, -0.2) is 0 Å². The lowest BCUT2D eigenvalue weighted by Crippen LogP contribution is -2.32. The summed E-state index contributed by atoms with van der Waals surface area (Å²) in [6, 6.07) is 17.8. The molecular weight excluding hydrogens is 320 g/mol. The van der Waals surface area contributed by atoms with Crippen molar-refractivity contribution in [1.82, 2.24) is 10.2 Å². The van der Waals surface area contributed by atoms with Gasteiger partial charge in [0, 0.05) is 19.0 Å². The van der Waals surface area contributed by atoms with Crippen LogP contribution < -0.4 is 5.32 Å². The van der Waals surface area contributed by atoms with Gasteiger partial charge in [0.15, 0.2) is 0 Å². The first kappa shape index (κ1) is 18.7. The van der Waals surface area contributed by atoms with Gasteiger partial charge in [-0.2, -0.15) is 0 Å². The van der Waals surface area contributed by atoms with Crippen molar-refractivity contribution in [1.29, 1.82) is 0 Å². The van der Waals surface area contributed by atoms with Crippen LogP contribution in [0.4, 0.5) is 0 Å². The first-order valence-electron chi connectivity index (χ1n) is 9.88. The maximum atomic E-state index is 11.6. The maximum absolute atomic E-state index is 11.6. The molecule has 0 spiro atoms. The predicted octanol–water partition coefficient (Wildman–Crippen LogP) is 4.93. The Labute approximate surface area is 157 Å². The van der Waals surface area contributed by atoms with Crippen molar-refractivity contribution in [3.63, 3.8) is 0 Å². The third-order valence-electron chi connectivity index (χ3n) is 5.46. The van der Waals surface area contributed by atoms with Gasteiger partial charge in [-0.05, 0) is 55.1 Å². The zero-order valence-electron chi connectivity index (χ0n) is 16.0. The minimum absolute atomic E-state index is 0.0884. The summed E-state index contributed by atoms with van der Waals surface area (Å²) in [5, 5.41) is 2.99. The monoisotopic (exact) mass is 350 g/mol. The number of carbonyl (C=O) groups is 1. The average Bonchev–Trinajstić information content (AvgIpc) is 2.72. The van der Waals surface area contributed by atoms with E-state index in [1.54, 1.807) is 0 Å². The second-order valence-electron chi connectivity index (χ2n) is 7.18. The normalized spacial score (nSPS) is 16.2. The van der Waals surface area contributed by atoms with Gasteiger partial charge in [0.1, 0.15) is 0 Å². The number of amides is 1. The molecule has 1 heterocycles. The molecule has 0 aromatic heterocycles. The van der Waals surface area contributed by atoms with Crippen molar-refractivity contribution in [3.05, 3.63) is 59.7 Å². The highest BCUT2D eigenvalue weighted by atomic mass is 16.1. The number of hydrogen-bond acceptors (Lipinski definition) is 2. The molecule has 0 aliphatic carbocycles. The Bertz CT molecular complexity index is 717. The van der Waals surface area contributed by atoms with E-state index in [4.69, 9.17) is 0 Å². The molecule has 1 amide bonds. The summed E-state index contributed by atoms with van der Waals surface area (Å²) in [6.45, 7) is 7.19. The minimum Gasteiger partial charge on any atom is -0.352 e. The molecule has 0 radical (unpaired) electrons. The van der Waals surface area contributed by atoms with Gasteiger partial charge in [-0.15, -0.1) is 0 Å². The van der Waals surface area contributed by atoms with E-state index in [0.717, 1.165) is 5.56 Å². The van der Waals surface area contributed by atoms with Crippen LogP contribution in [0.3, 0.4) is 0 Å². The van der Waals surface area contributed by atoms with E-state index in [0.29, 0.717) is 19.0 Å². The number of rotatable bonds is 6. The van der Waals surface area contributed by atoms with Crippen molar-refractivity contribution in [3.8, 4) is 11.1 Å². The number of piperidine rings is 1. The molecule has 1 N–H and O–H groups in total. The summed E-state index contributed by atoms with van der Waals surface area (Å²) in [6.07, 6.45) is 4.53. The zero-order chi connectivity index (χ0) is 18.4. The van der Waals surface area contributed by atoms with Crippen LogP contribution in [0.1, 0.15) is 56.7 Å². The molecule has 3 rings (SSSR count). The quantitative estimate of drug-likeness (QED) is 0.801. The Hall–Kier alpha value is -2.13. The van der Waals surface area contributed by atoms with Crippen LogP contribution in [0, 0.1) is 0 Å². The van der Waals surface area contributed by atoms with Crippen LogP contribution in [0.15, 0.2) is 48.5 Å². The van der Waals surface area contributed by atoms with Gasteiger partial charge in [0.25, 0.3) is 0 Å². The van der Waals surface area contributed by atoms with Crippen LogP contribution in [-0.4, -0.2) is 23.9 Å². The fourth-order valence-electron chi connectivity index (χ4n) is 3.73. The fraction of sp³-hybridized carbons (Fsp3) is 0.435. The first-order valence-corrected chi connectivity index (χ1v) is 9.88. The first-order chi connectivity index (χ1) is 12.7. The molecule has 2 aromatic rings. The predicted molar refractivity (Wildman–Crippen MR) is 108 cm³/mol. The Morgan fingerprint density at radius 3 is 2.42 bits per heavy atom. The van der Waals surface area contributed by atoms with E-state index in [-0.39, 0.29) is 5.91 Å². The van der Waals surface area contributed by atoms with Gasteiger partial charge >= 0.3 is 0 Å². The third kappa shape index (κ3) is 4.53. The highest BCUT2D eigenvalue weighted by Gasteiger charge is 2.18. The van der Waals surface area contributed by atoms with E-state index in [9.17, 15) is 4.79 Å². The number of benzene rings is 2. The van der Waals surface area contributed by atoms with Crippen molar-refractivity contribution < 1.29 is 4.79 Å². The standard InChI is InChI=1S/C23H30N2O/c1-3-23(26)24-17-21-9-5-6-10-22(21)20-13-11-19(12-14-20)18(2)25-15-7-4-8-16-25/h5-6,9-14,18H,3-4,7-8,15-17H2,1-2H3,(H,24,26). The third-order valence-corrected chi connectivity index (χ3v) is 5.46. The van der Waals surface area contributed by atoms with Gasteiger partial charge in [0.05, 0.1) is 0 Å².